The summed E-state index contributed by atoms with van der Waals surface area (Å²) in [4.78, 5) is 5.85. The maximum atomic E-state index is 6.19. The molecule has 0 spiro atoms. The molecule has 0 atom stereocenters. The molecule has 1 N–H and O–H groups in total. The topological polar surface area (TPSA) is 38.6 Å². The Labute approximate surface area is 148 Å². The third-order valence-corrected chi connectivity index (χ3v) is 4.80. The first kappa shape index (κ1) is 15.1. The van der Waals surface area contributed by atoms with E-state index in [0.717, 1.165) is 33.5 Å². The fourth-order valence-electron chi connectivity index (χ4n) is 2.60. The van der Waals surface area contributed by atoms with E-state index in [-0.39, 0.29) is 0 Å². The zero-order valence-electron chi connectivity index (χ0n) is 12.9. The summed E-state index contributed by atoms with van der Waals surface area (Å²) in [5, 5.41) is 6.15. The quantitative estimate of drug-likeness (QED) is 0.527. The summed E-state index contributed by atoms with van der Waals surface area (Å²) < 4.78 is 7.41. The van der Waals surface area contributed by atoms with Crippen molar-refractivity contribution in [2.24, 2.45) is 0 Å². The predicted molar refractivity (Wildman–Crippen MR) is 99.8 cm³/mol. The molecule has 6 heteroatoms. The number of anilines is 2. The highest BCUT2D eigenvalue weighted by Crippen LogP contribution is 2.36. The highest BCUT2D eigenvalue weighted by atomic mass is 35.5. The molecule has 3 aromatic heterocycles. The van der Waals surface area contributed by atoms with Crippen molar-refractivity contribution >= 4 is 40.1 Å². The van der Waals surface area contributed by atoms with Crippen LogP contribution in [0.3, 0.4) is 0 Å². The van der Waals surface area contributed by atoms with Crippen molar-refractivity contribution in [1.82, 2.24) is 9.38 Å². The van der Waals surface area contributed by atoms with Gasteiger partial charge in [-0.15, -0.1) is 11.3 Å². The Balaban J connectivity index is 1.92. The van der Waals surface area contributed by atoms with Crippen LogP contribution in [0.1, 0.15) is 0 Å². The molecule has 3 heterocycles. The number of fused-ring (bicyclic) bond motifs is 1. The van der Waals surface area contributed by atoms with Gasteiger partial charge >= 0.3 is 0 Å². The standard InChI is InChI=1S/C18H14ClN3OS/c1-23-14-6-3-2-5-13(14)20-18-17(15-7-4-10-24-15)21-16-9-8-12(19)11-22(16)18/h2-11,20H,1H3. The summed E-state index contributed by atoms with van der Waals surface area (Å²) >= 11 is 7.84. The first-order valence-corrected chi connectivity index (χ1v) is 8.63. The summed E-state index contributed by atoms with van der Waals surface area (Å²) in [6.07, 6.45) is 1.86. The van der Waals surface area contributed by atoms with Crippen molar-refractivity contribution in [2.75, 3.05) is 12.4 Å². The van der Waals surface area contributed by atoms with Crippen LogP contribution in [0, 0.1) is 0 Å². The molecule has 0 unspecified atom stereocenters. The first-order valence-electron chi connectivity index (χ1n) is 7.38. The second kappa shape index (κ2) is 6.19. The van der Waals surface area contributed by atoms with Crippen molar-refractivity contribution in [3.8, 4) is 16.3 Å². The molecule has 4 rings (SSSR count). The molecular formula is C18H14ClN3OS. The third-order valence-electron chi connectivity index (χ3n) is 3.70. The van der Waals surface area contributed by atoms with E-state index in [0.29, 0.717) is 5.02 Å². The number of rotatable bonds is 4. The smallest absolute Gasteiger partial charge is 0.144 e. The van der Waals surface area contributed by atoms with Crippen LogP contribution < -0.4 is 10.1 Å². The minimum Gasteiger partial charge on any atom is -0.495 e. The molecule has 0 aliphatic heterocycles. The molecule has 0 aliphatic rings. The Bertz CT molecular complexity index is 995. The summed E-state index contributed by atoms with van der Waals surface area (Å²) in [5.41, 5.74) is 2.60. The molecule has 0 bridgehead atoms. The second-order valence-corrected chi connectivity index (χ2v) is 6.57. The van der Waals surface area contributed by atoms with Gasteiger partial charge in [0.15, 0.2) is 0 Å². The van der Waals surface area contributed by atoms with Gasteiger partial charge in [0.05, 0.1) is 22.7 Å². The maximum Gasteiger partial charge on any atom is 0.144 e. The average Bonchev–Trinajstić information content (AvgIpc) is 3.24. The van der Waals surface area contributed by atoms with E-state index < -0.39 is 0 Å². The number of halogens is 1. The molecule has 4 aromatic rings. The molecule has 1 aromatic carbocycles. The van der Waals surface area contributed by atoms with E-state index in [9.17, 15) is 0 Å². The lowest BCUT2D eigenvalue weighted by Crippen LogP contribution is -1.98. The molecule has 0 fully saturated rings. The normalized spacial score (nSPS) is 10.9. The highest BCUT2D eigenvalue weighted by molar-refractivity contribution is 7.13. The van der Waals surface area contributed by atoms with Gasteiger partial charge in [-0.2, -0.15) is 0 Å². The Morgan fingerprint density at radius 2 is 2.00 bits per heavy atom. The van der Waals surface area contributed by atoms with Gasteiger partial charge in [-0.05, 0) is 35.7 Å². The largest absolute Gasteiger partial charge is 0.495 e. The minimum absolute atomic E-state index is 0.653. The summed E-state index contributed by atoms with van der Waals surface area (Å²) in [6.45, 7) is 0. The van der Waals surface area contributed by atoms with Gasteiger partial charge in [-0.25, -0.2) is 4.98 Å². The predicted octanol–water partition coefficient (Wildman–Crippen LogP) is 5.47. The van der Waals surface area contributed by atoms with Crippen molar-refractivity contribution in [3.63, 3.8) is 0 Å². The number of thiophene rings is 1. The number of nitrogens with zero attached hydrogens (tertiary/aromatic N) is 2. The van der Waals surface area contributed by atoms with Crippen molar-refractivity contribution < 1.29 is 4.74 Å². The van der Waals surface area contributed by atoms with Gasteiger partial charge < -0.3 is 10.1 Å². The third kappa shape index (κ3) is 2.62. The van der Waals surface area contributed by atoms with Crippen LogP contribution in [-0.2, 0) is 0 Å². The Hall–Kier alpha value is -2.50. The summed E-state index contributed by atoms with van der Waals surface area (Å²) in [7, 11) is 1.66. The molecule has 0 saturated heterocycles. The average molecular weight is 356 g/mol. The van der Waals surface area contributed by atoms with Gasteiger partial charge in [0, 0.05) is 6.20 Å². The number of para-hydroxylation sites is 2. The fraction of sp³-hybridized carbons (Fsp3) is 0.0556. The zero-order valence-corrected chi connectivity index (χ0v) is 14.4. The summed E-state index contributed by atoms with van der Waals surface area (Å²) in [6, 6.07) is 15.6. The molecular weight excluding hydrogens is 342 g/mol. The lowest BCUT2D eigenvalue weighted by Gasteiger charge is -2.12. The SMILES string of the molecule is COc1ccccc1Nc1c(-c2cccs2)nc2ccc(Cl)cn12. The second-order valence-electron chi connectivity index (χ2n) is 5.19. The highest BCUT2D eigenvalue weighted by Gasteiger charge is 2.16. The number of hydrogen-bond donors (Lipinski definition) is 1. The van der Waals surface area contributed by atoms with Crippen LogP contribution in [0.5, 0.6) is 5.75 Å². The van der Waals surface area contributed by atoms with E-state index in [1.807, 2.05) is 58.4 Å². The Kier molecular flexibility index (Phi) is 3.88. The lowest BCUT2D eigenvalue weighted by molar-refractivity contribution is 0.417. The molecule has 24 heavy (non-hydrogen) atoms. The number of benzene rings is 1. The van der Waals surface area contributed by atoms with E-state index in [1.165, 1.54) is 0 Å². The Morgan fingerprint density at radius 1 is 1.12 bits per heavy atom. The number of ether oxygens (including phenoxy) is 1. The van der Waals surface area contributed by atoms with Gasteiger partial charge in [-0.3, -0.25) is 4.40 Å². The molecule has 4 nitrogen and oxygen atoms in total. The van der Waals surface area contributed by atoms with Crippen LogP contribution >= 0.6 is 22.9 Å². The van der Waals surface area contributed by atoms with E-state index in [4.69, 9.17) is 21.3 Å². The van der Waals surface area contributed by atoms with E-state index in [1.54, 1.807) is 18.4 Å². The van der Waals surface area contributed by atoms with Crippen LogP contribution in [0.25, 0.3) is 16.2 Å². The monoisotopic (exact) mass is 355 g/mol. The molecule has 0 saturated carbocycles. The maximum absolute atomic E-state index is 6.19. The Morgan fingerprint density at radius 3 is 2.79 bits per heavy atom. The number of aromatic nitrogens is 2. The van der Waals surface area contributed by atoms with Crippen molar-refractivity contribution in [3.05, 3.63) is 65.1 Å². The van der Waals surface area contributed by atoms with Gasteiger partial charge in [0.1, 0.15) is 22.9 Å². The van der Waals surface area contributed by atoms with Crippen LogP contribution in [0.2, 0.25) is 5.02 Å². The molecule has 120 valence electrons. The van der Waals surface area contributed by atoms with Crippen LogP contribution in [0.15, 0.2) is 60.1 Å². The first-order chi connectivity index (χ1) is 11.8. The molecule has 0 amide bonds. The minimum atomic E-state index is 0.653. The van der Waals surface area contributed by atoms with Gasteiger partial charge in [-0.1, -0.05) is 29.8 Å². The zero-order chi connectivity index (χ0) is 16.5. The number of nitrogens with one attached hydrogen (secondary N) is 1. The lowest BCUT2D eigenvalue weighted by atomic mass is 10.2. The van der Waals surface area contributed by atoms with Crippen LogP contribution in [-0.4, -0.2) is 16.5 Å². The van der Waals surface area contributed by atoms with E-state index in [2.05, 4.69) is 11.4 Å². The fourth-order valence-corrected chi connectivity index (χ4v) is 3.47. The van der Waals surface area contributed by atoms with Crippen LogP contribution in [0.4, 0.5) is 11.5 Å². The van der Waals surface area contributed by atoms with Gasteiger partial charge in [0.25, 0.3) is 0 Å². The number of methoxy groups -OCH3 is 1. The van der Waals surface area contributed by atoms with Crippen molar-refractivity contribution in [2.45, 2.75) is 0 Å². The number of imidazole rings is 1. The van der Waals surface area contributed by atoms with Gasteiger partial charge in [0.2, 0.25) is 0 Å². The number of pyridine rings is 1. The van der Waals surface area contributed by atoms with Crippen molar-refractivity contribution in [1.29, 1.82) is 0 Å². The number of hydrogen-bond acceptors (Lipinski definition) is 4. The summed E-state index contributed by atoms with van der Waals surface area (Å²) in [5.74, 6) is 1.63. The molecule has 0 radical (unpaired) electrons. The van der Waals surface area contributed by atoms with E-state index >= 15 is 0 Å². The molecule has 0 aliphatic carbocycles.